The van der Waals surface area contributed by atoms with Crippen molar-refractivity contribution < 1.29 is 0 Å². The van der Waals surface area contributed by atoms with Crippen LogP contribution in [0.3, 0.4) is 0 Å². The molecule has 1 heterocycles. The molecule has 5 heteroatoms. The molecule has 0 fully saturated rings. The van der Waals surface area contributed by atoms with Gasteiger partial charge >= 0.3 is 0 Å². The number of H-pyrrole nitrogens is 1. The van der Waals surface area contributed by atoms with Crippen molar-refractivity contribution in [3.05, 3.63) is 33.2 Å². The molecule has 0 bridgehead atoms. The van der Waals surface area contributed by atoms with Crippen LogP contribution in [0.25, 0.3) is 0 Å². The fourth-order valence-electron chi connectivity index (χ4n) is 0.821. The fraction of sp³-hybridized carbons (Fsp3) is 0.333. The summed E-state index contributed by atoms with van der Waals surface area (Å²) < 4.78 is 0. The standard InChI is InChI=1S/C9H12ClN3O/c1-6(2)3-4-11-9-12-5-7(10)8(14)13-9/h3,5H,4H2,1-2H3,(H2,11,12,13,14). The summed E-state index contributed by atoms with van der Waals surface area (Å²) in [6, 6.07) is 0. The summed E-state index contributed by atoms with van der Waals surface area (Å²) in [6.45, 7) is 4.63. The Bertz CT molecular complexity index is 393. The van der Waals surface area contributed by atoms with Gasteiger partial charge in [-0.1, -0.05) is 23.3 Å². The van der Waals surface area contributed by atoms with E-state index in [1.807, 2.05) is 19.9 Å². The van der Waals surface area contributed by atoms with Crippen LogP contribution in [0, 0.1) is 0 Å². The van der Waals surface area contributed by atoms with Gasteiger partial charge in [0.2, 0.25) is 5.95 Å². The molecule has 0 unspecified atom stereocenters. The van der Waals surface area contributed by atoms with Crippen LogP contribution in [-0.2, 0) is 0 Å². The molecule has 0 saturated heterocycles. The highest BCUT2D eigenvalue weighted by molar-refractivity contribution is 6.30. The van der Waals surface area contributed by atoms with Crippen LogP contribution in [0.5, 0.6) is 0 Å². The van der Waals surface area contributed by atoms with E-state index in [9.17, 15) is 4.79 Å². The lowest BCUT2D eigenvalue weighted by Crippen LogP contribution is -2.12. The number of nitrogens with zero attached hydrogens (tertiary/aromatic N) is 1. The molecule has 0 aliphatic carbocycles. The van der Waals surface area contributed by atoms with Gasteiger partial charge in [-0.15, -0.1) is 0 Å². The van der Waals surface area contributed by atoms with Gasteiger partial charge < -0.3 is 5.32 Å². The molecule has 0 amide bonds. The summed E-state index contributed by atoms with van der Waals surface area (Å²) >= 11 is 5.52. The van der Waals surface area contributed by atoms with E-state index in [0.29, 0.717) is 12.5 Å². The van der Waals surface area contributed by atoms with E-state index < -0.39 is 0 Å². The topological polar surface area (TPSA) is 57.8 Å². The molecule has 0 aliphatic heterocycles. The van der Waals surface area contributed by atoms with Gasteiger partial charge in [0.15, 0.2) is 0 Å². The molecule has 0 aromatic carbocycles. The molecule has 0 aliphatic rings. The predicted octanol–water partition coefficient (Wildman–Crippen LogP) is 1.80. The number of allylic oxidation sites excluding steroid dienone is 1. The highest BCUT2D eigenvalue weighted by atomic mass is 35.5. The van der Waals surface area contributed by atoms with Crippen molar-refractivity contribution >= 4 is 17.5 Å². The first-order valence-corrected chi connectivity index (χ1v) is 4.59. The fourth-order valence-corrected chi connectivity index (χ4v) is 0.917. The normalized spacial score (nSPS) is 9.64. The van der Waals surface area contributed by atoms with Gasteiger partial charge in [-0.25, -0.2) is 4.98 Å². The van der Waals surface area contributed by atoms with Crippen molar-refractivity contribution in [3.63, 3.8) is 0 Å². The molecular formula is C9H12ClN3O. The van der Waals surface area contributed by atoms with Crippen molar-refractivity contribution in [2.45, 2.75) is 13.8 Å². The lowest BCUT2D eigenvalue weighted by Gasteiger charge is -2.01. The maximum Gasteiger partial charge on any atom is 0.271 e. The van der Waals surface area contributed by atoms with Gasteiger partial charge in [0.1, 0.15) is 5.02 Å². The zero-order chi connectivity index (χ0) is 10.6. The van der Waals surface area contributed by atoms with Gasteiger partial charge in [0.25, 0.3) is 5.56 Å². The Morgan fingerprint density at radius 2 is 2.43 bits per heavy atom. The van der Waals surface area contributed by atoms with E-state index in [-0.39, 0.29) is 10.6 Å². The Morgan fingerprint density at radius 3 is 3.00 bits per heavy atom. The zero-order valence-corrected chi connectivity index (χ0v) is 8.85. The number of rotatable bonds is 3. The molecule has 0 spiro atoms. The van der Waals surface area contributed by atoms with Crippen molar-refractivity contribution in [3.8, 4) is 0 Å². The summed E-state index contributed by atoms with van der Waals surface area (Å²) in [5.41, 5.74) is 0.871. The SMILES string of the molecule is CC(C)=CCNc1ncc(Cl)c(=O)[nH]1. The van der Waals surface area contributed by atoms with Gasteiger partial charge in [-0.05, 0) is 13.8 Å². The molecule has 4 nitrogen and oxygen atoms in total. The summed E-state index contributed by atoms with van der Waals surface area (Å²) in [4.78, 5) is 17.5. The Balaban J connectivity index is 2.65. The number of anilines is 1. The van der Waals surface area contributed by atoms with Gasteiger partial charge in [-0.3, -0.25) is 9.78 Å². The molecule has 0 atom stereocenters. The molecule has 1 aromatic heterocycles. The van der Waals surface area contributed by atoms with Crippen LogP contribution in [0.1, 0.15) is 13.8 Å². The number of halogens is 1. The van der Waals surface area contributed by atoms with Crippen LogP contribution < -0.4 is 10.9 Å². The number of nitrogens with one attached hydrogen (secondary N) is 2. The second-order valence-corrected chi connectivity index (χ2v) is 3.48. The monoisotopic (exact) mass is 213 g/mol. The lowest BCUT2D eigenvalue weighted by molar-refractivity contribution is 1.08. The zero-order valence-electron chi connectivity index (χ0n) is 8.10. The maximum atomic E-state index is 11.1. The van der Waals surface area contributed by atoms with Crippen molar-refractivity contribution in [2.24, 2.45) is 0 Å². The molecule has 76 valence electrons. The Kier molecular flexibility index (Phi) is 3.71. The number of hydrogen-bond donors (Lipinski definition) is 2. The van der Waals surface area contributed by atoms with Crippen LogP contribution in [0.4, 0.5) is 5.95 Å². The van der Waals surface area contributed by atoms with Crippen LogP contribution in [0.15, 0.2) is 22.6 Å². The van der Waals surface area contributed by atoms with Crippen LogP contribution in [-0.4, -0.2) is 16.5 Å². The summed E-state index contributed by atoms with van der Waals surface area (Å²) in [7, 11) is 0. The smallest absolute Gasteiger partial charge is 0.271 e. The summed E-state index contributed by atoms with van der Waals surface area (Å²) in [5.74, 6) is 0.428. The third-order valence-corrected chi connectivity index (χ3v) is 1.80. The van der Waals surface area contributed by atoms with Crippen molar-refractivity contribution in [2.75, 3.05) is 11.9 Å². The average Bonchev–Trinajstić information content (AvgIpc) is 2.10. The van der Waals surface area contributed by atoms with Crippen LogP contribution in [0.2, 0.25) is 5.02 Å². The first-order chi connectivity index (χ1) is 6.59. The summed E-state index contributed by atoms with van der Waals surface area (Å²) in [5, 5.41) is 3.04. The number of hydrogen-bond acceptors (Lipinski definition) is 3. The molecule has 14 heavy (non-hydrogen) atoms. The van der Waals surface area contributed by atoms with E-state index in [1.54, 1.807) is 0 Å². The van der Waals surface area contributed by atoms with Gasteiger partial charge in [0, 0.05) is 6.54 Å². The van der Waals surface area contributed by atoms with Gasteiger partial charge in [0.05, 0.1) is 6.20 Å². The minimum absolute atomic E-state index is 0.0952. The Hall–Kier alpha value is -1.29. The third kappa shape index (κ3) is 3.22. The van der Waals surface area contributed by atoms with Gasteiger partial charge in [-0.2, -0.15) is 0 Å². The van der Waals surface area contributed by atoms with Crippen molar-refractivity contribution in [1.29, 1.82) is 0 Å². The molecule has 2 N–H and O–H groups in total. The minimum Gasteiger partial charge on any atom is -0.352 e. The molecule has 1 aromatic rings. The highest BCUT2D eigenvalue weighted by Crippen LogP contribution is 1.99. The maximum absolute atomic E-state index is 11.1. The minimum atomic E-state index is -0.332. The van der Waals surface area contributed by atoms with E-state index in [4.69, 9.17) is 11.6 Å². The second-order valence-electron chi connectivity index (χ2n) is 3.07. The van der Waals surface area contributed by atoms with E-state index >= 15 is 0 Å². The number of aromatic nitrogens is 2. The quantitative estimate of drug-likeness (QED) is 0.753. The van der Waals surface area contributed by atoms with E-state index in [2.05, 4.69) is 15.3 Å². The first-order valence-electron chi connectivity index (χ1n) is 4.21. The number of aromatic amines is 1. The van der Waals surface area contributed by atoms with E-state index in [0.717, 1.165) is 0 Å². The second kappa shape index (κ2) is 4.81. The predicted molar refractivity (Wildman–Crippen MR) is 57.8 cm³/mol. The molecular weight excluding hydrogens is 202 g/mol. The largest absolute Gasteiger partial charge is 0.352 e. The summed E-state index contributed by atoms with van der Waals surface area (Å²) in [6.07, 6.45) is 3.32. The Labute approximate surface area is 87.0 Å². The average molecular weight is 214 g/mol. The highest BCUT2D eigenvalue weighted by Gasteiger charge is 1.97. The molecule has 0 radical (unpaired) electrons. The lowest BCUT2D eigenvalue weighted by atomic mass is 10.3. The van der Waals surface area contributed by atoms with Crippen LogP contribution >= 0.6 is 11.6 Å². The molecule has 1 rings (SSSR count). The van der Waals surface area contributed by atoms with E-state index in [1.165, 1.54) is 11.8 Å². The molecule has 0 saturated carbocycles. The first kappa shape index (κ1) is 10.8. The van der Waals surface area contributed by atoms with Crippen molar-refractivity contribution in [1.82, 2.24) is 9.97 Å². The third-order valence-electron chi connectivity index (χ3n) is 1.54. The Morgan fingerprint density at radius 1 is 1.71 bits per heavy atom.